The quantitative estimate of drug-likeness (QED) is 0.605. The molecule has 2 aliphatic carbocycles. The fraction of sp³-hybridized carbons (Fsp3) is 0.800. The maximum absolute atomic E-state index is 11.1. The first kappa shape index (κ1) is 12.2. The maximum Gasteiger partial charge on any atom is 0.331 e. The van der Waals surface area contributed by atoms with Crippen LogP contribution in [-0.4, -0.2) is 22.8 Å². The van der Waals surface area contributed by atoms with Crippen molar-refractivity contribution in [3.05, 3.63) is 12.2 Å². The summed E-state index contributed by atoms with van der Waals surface area (Å²) in [7, 11) is 0. The number of ether oxygens (including phenoxy) is 1. The van der Waals surface area contributed by atoms with Crippen LogP contribution in [0, 0.1) is 17.3 Å². The van der Waals surface area contributed by atoms with Gasteiger partial charge in [0, 0.05) is 5.57 Å². The monoisotopic (exact) mass is 250 g/mol. The fourth-order valence-corrected chi connectivity index (χ4v) is 4.47. The molecule has 3 fully saturated rings. The van der Waals surface area contributed by atoms with E-state index in [0.29, 0.717) is 23.0 Å². The summed E-state index contributed by atoms with van der Waals surface area (Å²) < 4.78 is 5.91. The number of hydrogen-bond donors (Lipinski definition) is 1. The van der Waals surface area contributed by atoms with Gasteiger partial charge in [-0.3, -0.25) is 0 Å². The molecule has 0 radical (unpaired) electrons. The minimum atomic E-state index is -0.835. The van der Waals surface area contributed by atoms with Gasteiger partial charge in [0.05, 0.1) is 11.7 Å². The summed E-state index contributed by atoms with van der Waals surface area (Å²) in [5.74, 6) is -0.197. The first-order valence-corrected chi connectivity index (χ1v) is 6.97. The highest BCUT2D eigenvalue weighted by atomic mass is 16.6. The minimum Gasteiger partial charge on any atom is -0.478 e. The lowest BCUT2D eigenvalue weighted by molar-refractivity contribution is -0.133. The second kappa shape index (κ2) is 3.60. The van der Waals surface area contributed by atoms with E-state index in [0.717, 1.165) is 19.3 Å². The molecule has 3 nitrogen and oxygen atoms in total. The molecule has 1 saturated heterocycles. The van der Waals surface area contributed by atoms with Crippen molar-refractivity contribution in [2.45, 2.75) is 57.7 Å². The Morgan fingerprint density at radius 3 is 2.67 bits per heavy atom. The van der Waals surface area contributed by atoms with Gasteiger partial charge in [-0.05, 0) is 56.3 Å². The summed E-state index contributed by atoms with van der Waals surface area (Å²) >= 11 is 0. The maximum atomic E-state index is 11.1. The summed E-state index contributed by atoms with van der Waals surface area (Å²) in [5.41, 5.74) is 0.755. The Kier molecular flexibility index (Phi) is 2.44. The smallest absolute Gasteiger partial charge is 0.331 e. The average Bonchev–Trinajstić information content (AvgIpc) is 2.99. The van der Waals surface area contributed by atoms with E-state index in [9.17, 15) is 4.79 Å². The van der Waals surface area contributed by atoms with Crippen LogP contribution in [0.1, 0.15) is 46.0 Å². The molecule has 0 aromatic rings. The fourth-order valence-electron chi connectivity index (χ4n) is 4.47. The third-order valence-electron chi connectivity index (χ3n) is 5.84. The molecule has 0 spiro atoms. The highest BCUT2D eigenvalue weighted by molar-refractivity contribution is 5.86. The molecule has 18 heavy (non-hydrogen) atoms. The highest BCUT2D eigenvalue weighted by Crippen LogP contribution is 2.63. The first-order valence-electron chi connectivity index (χ1n) is 6.97. The molecule has 0 bridgehead atoms. The topological polar surface area (TPSA) is 49.8 Å². The zero-order valence-electron chi connectivity index (χ0n) is 11.2. The SMILES string of the molecule is C=C(C(=O)O)[C@H]1CC[C@@]2(C)CC[C@H]3O[C@@]3(C)[C@@H]2C1. The van der Waals surface area contributed by atoms with Crippen LogP contribution in [0.2, 0.25) is 0 Å². The van der Waals surface area contributed by atoms with Crippen LogP contribution in [-0.2, 0) is 9.53 Å². The van der Waals surface area contributed by atoms with Crippen molar-refractivity contribution in [3.8, 4) is 0 Å². The van der Waals surface area contributed by atoms with Gasteiger partial charge < -0.3 is 9.84 Å². The molecule has 3 rings (SSSR count). The molecule has 0 aromatic heterocycles. The minimum absolute atomic E-state index is 0.0183. The number of carboxylic acid groups (broad SMARTS) is 1. The predicted molar refractivity (Wildman–Crippen MR) is 68.2 cm³/mol. The average molecular weight is 250 g/mol. The van der Waals surface area contributed by atoms with Crippen LogP contribution < -0.4 is 0 Å². The lowest BCUT2D eigenvalue weighted by Gasteiger charge is -2.49. The zero-order chi connectivity index (χ0) is 13.1. The Balaban J connectivity index is 1.82. The van der Waals surface area contributed by atoms with Crippen LogP contribution in [0.25, 0.3) is 0 Å². The molecule has 3 aliphatic rings. The van der Waals surface area contributed by atoms with E-state index >= 15 is 0 Å². The van der Waals surface area contributed by atoms with Gasteiger partial charge in [-0.1, -0.05) is 13.5 Å². The van der Waals surface area contributed by atoms with E-state index in [1.54, 1.807) is 0 Å². The molecule has 0 aromatic carbocycles. The van der Waals surface area contributed by atoms with Crippen LogP contribution in [0.4, 0.5) is 0 Å². The molecule has 1 N–H and O–H groups in total. The number of aliphatic carboxylic acids is 1. The van der Waals surface area contributed by atoms with Gasteiger partial charge in [0.2, 0.25) is 0 Å². The zero-order valence-corrected chi connectivity index (χ0v) is 11.2. The molecule has 5 atom stereocenters. The number of fused-ring (bicyclic) bond motifs is 3. The van der Waals surface area contributed by atoms with Crippen LogP contribution in [0.15, 0.2) is 12.2 Å². The lowest BCUT2D eigenvalue weighted by atomic mass is 9.54. The van der Waals surface area contributed by atoms with E-state index in [-0.39, 0.29) is 11.5 Å². The summed E-state index contributed by atoms with van der Waals surface area (Å²) in [5, 5.41) is 9.10. The number of epoxide rings is 1. The first-order chi connectivity index (χ1) is 8.37. The van der Waals surface area contributed by atoms with Crippen molar-refractivity contribution < 1.29 is 14.6 Å². The third kappa shape index (κ3) is 1.56. The van der Waals surface area contributed by atoms with E-state index < -0.39 is 5.97 Å². The largest absolute Gasteiger partial charge is 0.478 e. The number of hydrogen-bond acceptors (Lipinski definition) is 2. The predicted octanol–water partition coefficient (Wildman–Crippen LogP) is 3.00. The summed E-state index contributed by atoms with van der Waals surface area (Å²) in [6, 6.07) is 0. The molecule has 2 saturated carbocycles. The summed E-state index contributed by atoms with van der Waals surface area (Å²) in [6.07, 6.45) is 5.85. The summed E-state index contributed by atoms with van der Waals surface area (Å²) in [4.78, 5) is 11.1. The van der Waals surface area contributed by atoms with Crippen molar-refractivity contribution in [2.75, 3.05) is 0 Å². The molecular weight excluding hydrogens is 228 g/mol. The third-order valence-corrected chi connectivity index (χ3v) is 5.84. The molecule has 1 heterocycles. The van der Waals surface area contributed by atoms with E-state index in [2.05, 4.69) is 20.4 Å². The molecule has 1 aliphatic heterocycles. The van der Waals surface area contributed by atoms with Crippen molar-refractivity contribution in [1.29, 1.82) is 0 Å². The van der Waals surface area contributed by atoms with Crippen molar-refractivity contribution in [3.63, 3.8) is 0 Å². The Labute approximate surface area is 108 Å². The van der Waals surface area contributed by atoms with Gasteiger partial charge in [0.25, 0.3) is 0 Å². The Hall–Kier alpha value is -0.830. The van der Waals surface area contributed by atoms with E-state index in [1.807, 2.05) is 0 Å². The van der Waals surface area contributed by atoms with Crippen LogP contribution >= 0.6 is 0 Å². The van der Waals surface area contributed by atoms with Gasteiger partial charge >= 0.3 is 5.97 Å². The van der Waals surface area contributed by atoms with Crippen LogP contribution in [0.5, 0.6) is 0 Å². The summed E-state index contributed by atoms with van der Waals surface area (Å²) in [6.45, 7) is 8.33. The van der Waals surface area contributed by atoms with E-state index in [4.69, 9.17) is 9.84 Å². The Morgan fingerprint density at radius 2 is 2.00 bits per heavy atom. The second-order valence-electron chi connectivity index (χ2n) is 6.84. The number of rotatable bonds is 2. The second-order valence-corrected chi connectivity index (χ2v) is 6.84. The van der Waals surface area contributed by atoms with Crippen molar-refractivity contribution in [1.82, 2.24) is 0 Å². The van der Waals surface area contributed by atoms with Crippen LogP contribution in [0.3, 0.4) is 0 Å². The lowest BCUT2D eigenvalue weighted by Crippen LogP contribution is -2.46. The van der Waals surface area contributed by atoms with Gasteiger partial charge in [0.1, 0.15) is 0 Å². The van der Waals surface area contributed by atoms with Crippen molar-refractivity contribution in [2.24, 2.45) is 17.3 Å². The van der Waals surface area contributed by atoms with Crippen molar-refractivity contribution >= 4 is 5.97 Å². The number of carboxylic acids is 1. The number of carbonyl (C=O) groups is 1. The highest BCUT2D eigenvalue weighted by Gasteiger charge is 2.66. The molecule has 0 amide bonds. The molecule has 0 unspecified atom stereocenters. The molecule has 100 valence electrons. The normalized spacial score (nSPS) is 50.0. The van der Waals surface area contributed by atoms with Gasteiger partial charge in [-0.25, -0.2) is 4.79 Å². The Bertz CT molecular complexity index is 416. The van der Waals surface area contributed by atoms with Gasteiger partial charge in [0.15, 0.2) is 0 Å². The van der Waals surface area contributed by atoms with E-state index in [1.165, 1.54) is 12.8 Å². The standard InChI is InChI=1S/C15H22O3/c1-9(13(16)17)10-4-6-14(2)7-5-12-15(3,18-12)11(14)8-10/h10-12H,1,4-8H2,2-3H3,(H,16,17)/t10-,11+,12+,14-,15-/m0/s1. The molecule has 3 heteroatoms. The van der Waals surface area contributed by atoms with Gasteiger partial charge in [-0.15, -0.1) is 0 Å². The van der Waals surface area contributed by atoms with Gasteiger partial charge in [-0.2, -0.15) is 0 Å². The Morgan fingerprint density at radius 1 is 1.33 bits per heavy atom. The molecular formula is C15H22O3.